The van der Waals surface area contributed by atoms with Crippen LogP contribution in [0.3, 0.4) is 0 Å². The number of nitrogens with one attached hydrogen (secondary N) is 1. The molecule has 0 saturated carbocycles. The molecule has 0 aliphatic heterocycles. The molecule has 0 saturated heterocycles. The van der Waals surface area contributed by atoms with Crippen molar-refractivity contribution in [2.75, 3.05) is 13.2 Å². The second kappa shape index (κ2) is 8.39. The molecule has 0 fully saturated rings. The van der Waals surface area contributed by atoms with E-state index in [2.05, 4.69) is 18.3 Å². The lowest BCUT2D eigenvalue weighted by Gasteiger charge is -2.17. The summed E-state index contributed by atoms with van der Waals surface area (Å²) in [5.41, 5.74) is 0. The number of nitrogens with zero attached hydrogens (tertiary/aromatic N) is 1. The summed E-state index contributed by atoms with van der Waals surface area (Å²) in [4.78, 5) is 0. The van der Waals surface area contributed by atoms with Crippen LogP contribution >= 0.6 is 0 Å². The van der Waals surface area contributed by atoms with Gasteiger partial charge >= 0.3 is 0 Å². The van der Waals surface area contributed by atoms with Gasteiger partial charge in [-0.1, -0.05) is 19.1 Å². The summed E-state index contributed by atoms with van der Waals surface area (Å²) in [7, 11) is 0. The Morgan fingerprint density at radius 2 is 1.84 bits per heavy atom. The second-order valence-corrected chi connectivity index (χ2v) is 4.61. The average Bonchev–Trinajstić information content (AvgIpc) is 2.41. The van der Waals surface area contributed by atoms with E-state index in [0.717, 1.165) is 12.2 Å². The first-order valence-electron chi connectivity index (χ1n) is 6.67. The predicted molar refractivity (Wildman–Crippen MR) is 75.4 cm³/mol. The molecule has 4 nitrogen and oxygen atoms in total. The summed E-state index contributed by atoms with van der Waals surface area (Å²) in [5, 5.41) is 12.2. The zero-order chi connectivity index (χ0) is 14.1. The van der Waals surface area contributed by atoms with Crippen molar-refractivity contribution in [3.8, 4) is 17.6 Å². The van der Waals surface area contributed by atoms with Crippen LogP contribution in [0.2, 0.25) is 0 Å². The van der Waals surface area contributed by atoms with Gasteiger partial charge in [0.2, 0.25) is 0 Å². The molecule has 0 heterocycles. The van der Waals surface area contributed by atoms with E-state index in [1.165, 1.54) is 0 Å². The Morgan fingerprint density at radius 1 is 1.21 bits per heavy atom. The Hall–Kier alpha value is -1.73. The van der Waals surface area contributed by atoms with Crippen LogP contribution in [0.5, 0.6) is 11.5 Å². The second-order valence-electron chi connectivity index (χ2n) is 4.61. The molecular weight excluding hydrogens is 240 g/mol. The summed E-state index contributed by atoms with van der Waals surface area (Å²) in [5.74, 6) is 1.41. The quantitative estimate of drug-likeness (QED) is 0.782. The Bertz CT molecular complexity index is 413. The third-order valence-corrected chi connectivity index (χ3v) is 2.41. The van der Waals surface area contributed by atoms with Crippen molar-refractivity contribution in [3.05, 3.63) is 24.3 Å². The van der Waals surface area contributed by atoms with E-state index < -0.39 is 0 Å². The van der Waals surface area contributed by atoms with E-state index in [1.807, 2.05) is 38.1 Å². The van der Waals surface area contributed by atoms with Crippen LogP contribution < -0.4 is 14.8 Å². The van der Waals surface area contributed by atoms with Gasteiger partial charge in [0.1, 0.15) is 12.6 Å². The third kappa shape index (κ3) is 5.62. The largest absolute Gasteiger partial charge is 0.490 e. The summed E-state index contributed by atoms with van der Waals surface area (Å²) in [6.45, 7) is 7.03. The molecule has 0 spiro atoms. The van der Waals surface area contributed by atoms with Crippen molar-refractivity contribution < 1.29 is 9.47 Å². The molecule has 0 aliphatic carbocycles. The molecule has 1 unspecified atom stereocenters. The number of hydrogen-bond acceptors (Lipinski definition) is 4. The van der Waals surface area contributed by atoms with E-state index in [9.17, 15) is 0 Å². The van der Waals surface area contributed by atoms with Gasteiger partial charge in [0.25, 0.3) is 0 Å². The highest BCUT2D eigenvalue weighted by atomic mass is 16.5. The first-order valence-corrected chi connectivity index (χ1v) is 6.67. The maximum atomic E-state index is 9.04. The van der Waals surface area contributed by atoms with Crippen LogP contribution in [0.1, 0.15) is 27.2 Å². The van der Waals surface area contributed by atoms with Crippen molar-refractivity contribution in [1.29, 1.82) is 5.26 Å². The van der Waals surface area contributed by atoms with Crippen LogP contribution in [-0.2, 0) is 0 Å². The Labute approximate surface area is 115 Å². The van der Waals surface area contributed by atoms with Gasteiger partial charge in [-0.15, -0.1) is 0 Å². The van der Waals surface area contributed by atoms with Crippen molar-refractivity contribution in [1.82, 2.24) is 5.32 Å². The van der Waals surface area contributed by atoms with Gasteiger partial charge in [0.05, 0.1) is 12.7 Å². The molecule has 1 rings (SSSR count). The lowest BCUT2D eigenvalue weighted by molar-refractivity contribution is 0.252. The van der Waals surface area contributed by atoms with Crippen molar-refractivity contribution >= 4 is 0 Å². The maximum absolute atomic E-state index is 9.04. The normalized spacial score (nSPS) is 11.9. The van der Waals surface area contributed by atoms with Crippen LogP contribution in [0, 0.1) is 11.3 Å². The average molecular weight is 262 g/mol. The Balaban J connectivity index is 2.58. The van der Waals surface area contributed by atoms with Gasteiger partial charge in [0, 0.05) is 6.04 Å². The SMILES string of the molecule is CCCOc1ccccc1OCC(C#N)NC(C)C. The lowest BCUT2D eigenvalue weighted by Crippen LogP contribution is -2.38. The van der Waals surface area contributed by atoms with Crippen LogP contribution in [0.4, 0.5) is 0 Å². The van der Waals surface area contributed by atoms with E-state index in [1.54, 1.807) is 0 Å². The van der Waals surface area contributed by atoms with Crippen LogP contribution in [0.15, 0.2) is 24.3 Å². The fourth-order valence-corrected chi connectivity index (χ4v) is 1.60. The zero-order valence-corrected chi connectivity index (χ0v) is 11.8. The topological polar surface area (TPSA) is 54.3 Å². The lowest BCUT2D eigenvalue weighted by atomic mass is 10.3. The molecule has 4 heteroatoms. The summed E-state index contributed by atoms with van der Waals surface area (Å²) >= 11 is 0. The molecule has 0 amide bonds. The van der Waals surface area contributed by atoms with E-state index >= 15 is 0 Å². The molecule has 1 aromatic rings. The molecule has 0 aromatic heterocycles. The van der Waals surface area contributed by atoms with Gasteiger partial charge in [-0.2, -0.15) is 5.26 Å². The minimum atomic E-state index is -0.320. The number of benzene rings is 1. The molecule has 1 atom stereocenters. The standard InChI is InChI=1S/C15H22N2O2/c1-4-9-18-14-7-5-6-8-15(14)19-11-13(10-16)17-12(2)3/h5-8,12-13,17H,4,9,11H2,1-3H3. The van der Waals surface area contributed by atoms with Gasteiger partial charge in [-0.25, -0.2) is 0 Å². The Morgan fingerprint density at radius 3 is 2.37 bits per heavy atom. The van der Waals surface area contributed by atoms with E-state index in [4.69, 9.17) is 14.7 Å². The highest BCUT2D eigenvalue weighted by Crippen LogP contribution is 2.26. The number of hydrogen-bond donors (Lipinski definition) is 1. The van der Waals surface area contributed by atoms with Gasteiger partial charge in [0.15, 0.2) is 11.5 Å². The number of nitriles is 1. The smallest absolute Gasteiger partial charge is 0.161 e. The van der Waals surface area contributed by atoms with Gasteiger partial charge in [-0.3, -0.25) is 5.32 Å². The van der Waals surface area contributed by atoms with Crippen LogP contribution in [-0.4, -0.2) is 25.3 Å². The molecule has 1 N–H and O–H groups in total. The predicted octanol–water partition coefficient (Wildman–Crippen LogP) is 2.74. The minimum absolute atomic E-state index is 0.250. The molecule has 19 heavy (non-hydrogen) atoms. The molecule has 0 bridgehead atoms. The fraction of sp³-hybridized carbons (Fsp3) is 0.533. The fourth-order valence-electron chi connectivity index (χ4n) is 1.60. The summed E-state index contributed by atoms with van der Waals surface area (Å²) in [6.07, 6.45) is 0.948. The summed E-state index contributed by atoms with van der Waals surface area (Å²) < 4.78 is 11.3. The van der Waals surface area contributed by atoms with E-state index in [0.29, 0.717) is 19.0 Å². The molecule has 0 aliphatic rings. The number of rotatable bonds is 8. The monoisotopic (exact) mass is 262 g/mol. The Kier molecular flexibility index (Phi) is 6.76. The highest BCUT2D eigenvalue weighted by Gasteiger charge is 2.11. The first kappa shape index (κ1) is 15.3. The zero-order valence-electron chi connectivity index (χ0n) is 11.8. The van der Waals surface area contributed by atoms with E-state index in [-0.39, 0.29) is 12.1 Å². The number of ether oxygens (including phenoxy) is 2. The van der Waals surface area contributed by atoms with Crippen molar-refractivity contribution in [2.24, 2.45) is 0 Å². The van der Waals surface area contributed by atoms with Crippen LogP contribution in [0.25, 0.3) is 0 Å². The first-order chi connectivity index (χ1) is 9.17. The number of para-hydroxylation sites is 2. The minimum Gasteiger partial charge on any atom is -0.490 e. The maximum Gasteiger partial charge on any atom is 0.161 e. The van der Waals surface area contributed by atoms with Gasteiger partial charge < -0.3 is 9.47 Å². The molecule has 0 radical (unpaired) electrons. The summed E-state index contributed by atoms with van der Waals surface area (Å²) in [6, 6.07) is 9.66. The van der Waals surface area contributed by atoms with Crippen molar-refractivity contribution in [3.63, 3.8) is 0 Å². The molecule has 1 aromatic carbocycles. The van der Waals surface area contributed by atoms with Gasteiger partial charge in [-0.05, 0) is 32.4 Å². The van der Waals surface area contributed by atoms with Crippen molar-refractivity contribution in [2.45, 2.75) is 39.3 Å². The highest BCUT2D eigenvalue weighted by molar-refractivity contribution is 5.39. The third-order valence-electron chi connectivity index (χ3n) is 2.41. The molecule has 104 valence electrons. The molecular formula is C15H22N2O2.